The van der Waals surface area contributed by atoms with E-state index < -0.39 is 11.5 Å². The maximum atomic E-state index is 11.4. The molecule has 5 heteroatoms. The van der Waals surface area contributed by atoms with Gasteiger partial charge < -0.3 is 15.7 Å². The van der Waals surface area contributed by atoms with Gasteiger partial charge in [0.1, 0.15) is 5.54 Å². The highest BCUT2D eigenvalue weighted by molar-refractivity contribution is 5.87. The summed E-state index contributed by atoms with van der Waals surface area (Å²) in [5.41, 5.74) is -0.962. The number of hydrogen-bond donors (Lipinski definition) is 3. The average Bonchev–Trinajstić information content (AvgIpc) is 2.11. The van der Waals surface area contributed by atoms with Gasteiger partial charge in [0.05, 0.1) is 0 Å². The third-order valence-electron chi connectivity index (χ3n) is 2.83. The Morgan fingerprint density at radius 1 is 1.40 bits per heavy atom. The lowest BCUT2D eigenvalue weighted by Gasteiger charge is -2.38. The topological polar surface area (TPSA) is 78.4 Å². The number of aliphatic carboxylic acids is 1. The quantitative estimate of drug-likeness (QED) is 0.548. The van der Waals surface area contributed by atoms with E-state index in [0.29, 0.717) is 19.3 Å². The largest absolute Gasteiger partial charge is 0.480 e. The minimum Gasteiger partial charge on any atom is -0.480 e. The summed E-state index contributed by atoms with van der Waals surface area (Å²) in [6.07, 6.45) is 3.11. The first-order valence-electron chi connectivity index (χ1n) is 5.30. The van der Waals surface area contributed by atoms with Crippen LogP contribution in [0.15, 0.2) is 0 Å². The maximum absolute atomic E-state index is 11.4. The van der Waals surface area contributed by atoms with Crippen molar-refractivity contribution in [3.8, 4) is 0 Å². The molecule has 1 fully saturated rings. The van der Waals surface area contributed by atoms with Crippen molar-refractivity contribution >= 4 is 11.9 Å². The molecule has 0 aliphatic heterocycles. The van der Waals surface area contributed by atoms with Gasteiger partial charge in [-0.15, -0.1) is 0 Å². The molecule has 1 saturated carbocycles. The molecule has 0 spiro atoms. The van der Waals surface area contributed by atoms with E-state index in [1.54, 1.807) is 0 Å². The summed E-state index contributed by atoms with van der Waals surface area (Å²) in [6.45, 7) is 0.771. The lowest BCUT2D eigenvalue weighted by Crippen LogP contribution is -2.59. The summed E-state index contributed by atoms with van der Waals surface area (Å²) in [5.74, 6) is -1.07. The van der Waals surface area contributed by atoms with E-state index in [2.05, 4.69) is 10.6 Å². The molecule has 0 bridgehead atoms. The Bertz CT molecular complexity index is 249. The van der Waals surface area contributed by atoms with E-state index in [4.69, 9.17) is 5.11 Å². The monoisotopic (exact) mass is 214 g/mol. The van der Waals surface area contributed by atoms with Crippen LogP contribution < -0.4 is 10.6 Å². The predicted octanol–water partition coefficient (Wildman–Crippen LogP) is 0.109. The van der Waals surface area contributed by atoms with Crippen molar-refractivity contribution in [2.24, 2.45) is 0 Å². The molecule has 0 aromatic heterocycles. The number of rotatable bonds is 6. The van der Waals surface area contributed by atoms with Crippen molar-refractivity contribution < 1.29 is 14.7 Å². The molecule has 1 rings (SSSR count). The van der Waals surface area contributed by atoms with Crippen LogP contribution in [0.2, 0.25) is 0 Å². The fourth-order valence-electron chi connectivity index (χ4n) is 1.68. The van der Waals surface area contributed by atoms with Gasteiger partial charge >= 0.3 is 5.97 Å². The number of nitrogens with one attached hydrogen (secondary N) is 2. The molecule has 15 heavy (non-hydrogen) atoms. The van der Waals surface area contributed by atoms with E-state index in [-0.39, 0.29) is 5.91 Å². The Balaban J connectivity index is 2.32. The zero-order valence-corrected chi connectivity index (χ0v) is 9.01. The molecular weight excluding hydrogens is 196 g/mol. The van der Waals surface area contributed by atoms with Crippen LogP contribution >= 0.6 is 0 Å². The number of carboxylic acids is 1. The third-order valence-corrected chi connectivity index (χ3v) is 2.83. The molecule has 0 heterocycles. The fraction of sp³-hybridized carbons (Fsp3) is 0.800. The molecule has 0 atom stereocenters. The first kappa shape index (κ1) is 12.0. The van der Waals surface area contributed by atoms with Gasteiger partial charge in [0.15, 0.2) is 0 Å². The second kappa shape index (κ2) is 5.11. The lowest BCUT2D eigenvalue weighted by molar-refractivity contribution is -0.151. The number of hydrogen-bond acceptors (Lipinski definition) is 3. The second-order valence-corrected chi connectivity index (χ2v) is 4.00. The van der Waals surface area contributed by atoms with E-state index in [1.807, 2.05) is 7.05 Å². The summed E-state index contributed by atoms with van der Waals surface area (Å²) in [5, 5.41) is 14.5. The normalized spacial score (nSPS) is 17.9. The number of amides is 1. The van der Waals surface area contributed by atoms with Crippen molar-refractivity contribution in [3.05, 3.63) is 0 Å². The highest BCUT2D eigenvalue weighted by Gasteiger charge is 2.45. The fourth-order valence-corrected chi connectivity index (χ4v) is 1.68. The summed E-state index contributed by atoms with van der Waals surface area (Å²) in [7, 11) is 1.82. The van der Waals surface area contributed by atoms with Crippen LogP contribution in [0.4, 0.5) is 0 Å². The first-order chi connectivity index (χ1) is 7.10. The van der Waals surface area contributed by atoms with Crippen LogP contribution in [0.5, 0.6) is 0 Å². The maximum Gasteiger partial charge on any atom is 0.329 e. The lowest BCUT2D eigenvalue weighted by atomic mass is 9.76. The highest BCUT2D eigenvalue weighted by Crippen LogP contribution is 2.32. The highest BCUT2D eigenvalue weighted by atomic mass is 16.4. The Morgan fingerprint density at radius 2 is 2.07 bits per heavy atom. The van der Waals surface area contributed by atoms with Gasteiger partial charge in [-0.3, -0.25) is 4.79 Å². The molecule has 0 aromatic carbocycles. The van der Waals surface area contributed by atoms with Crippen LogP contribution in [0.25, 0.3) is 0 Å². The van der Waals surface area contributed by atoms with Crippen LogP contribution in [0.3, 0.4) is 0 Å². The van der Waals surface area contributed by atoms with Crippen LogP contribution in [0.1, 0.15) is 32.1 Å². The van der Waals surface area contributed by atoms with Crippen molar-refractivity contribution in [2.45, 2.75) is 37.6 Å². The van der Waals surface area contributed by atoms with Crippen molar-refractivity contribution in [3.63, 3.8) is 0 Å². The molecule has 0 aromatic rings. The Kier molecular flexibility index (Phi) is 4.08. The van der Waals surface area contributed by atoms with Gasteiger partial charge in [0.25, 0.3) is 0 Å². The van der Waals surface area contributed by atoms with Gasteiger partial charge in [-0.2, -0.15) is 0 Å². The van der Waals surface area contributed by atoms with E-state index in [1.165, 1.54) is 0 Å². The van der Waals surface area contributed by atoms with Gasteiger partial charge in [-0.25, -0.2) is 4.79 Å². The Labute approximate surface area is 89.2 Å². The Morgan fingerprint density at radius 3 is 2.47 bits per heavy atom. The minimum atomic E-state index is -0.962. The molecular formula is C10H18N2O3. The molecule has 0 unspecified atom stereocenters. The van der Waals surface area contributed by atoms with E-state index in [0.717, 1.165) is 19.4 Å². The predicted molar refractivity (Wildman–Crippen MR) is 55.5 cm³/mol. The minimum absolute atomic E-state index is 0.160. The average molecular weight is 214 g/mol. The summed E-state index contributed by atoms with van der Waals surface area (Å²) < 4.78 is 0. The number of carbonyl (C=O) groups is 2. The summed E-state index contributed by atoms with van der Waals surface area (Å²) >= 11 is 0. The first-order valence-corrected chi connectivity index (χ1v) is 5.30. The van der Waals surface area contributed by atoms with Gasteiger partial charge in [0, 0.05) is 6.42 Å². The van der Waals surface area contributed by atoms with E-state index in [9.17, 15) is 9.59 Å². The Hall–Kier alpha value is -1.10. The molecule has 0 saturated heterocycles. The molecule has 1 aliphatic rings. The SMILES string of the molecule is CNCCCC(=O)NC1(C(=O)O)CCC1. The molecule has 1 aliphatic carbocycles. The van der Waals surface area contributed by atoms with Gasteiger partial charge in [0.2, 0.25) is 5.91 Å². The van der Waals surface area contributed by atoms with E-state index >= 15 is 0 Å². The molecule has 5 nitrogen and oxygen atoms in total. The molecule has 86 valence electrons. The smallest absolute Gasteiger partial charge is 0.329 e. The van der Waals surface area contributed by atoms with Crippen molar-refractivity contribution in [2.75, 3.05) is 13.6 Å². The number of carbonyl (C=O) groups excluding carboxylic acids is 1. The third kappa shape index (κ3) is 2.92. The standard InChI is InChI=1S/C10H18N2O3/c1-11-7-2-4-8(13)12-10(9(14)15)5-3-6-10/h11H,2-7H2,1H3,(H,12,13)(H,14,15). The summed E-state index contributed by atoms with van der Waals surface area (Å²) in [4.78, 5) is 22.4. The van der Waals surface area contributed by atoms with Gasteiger partial charge in [-0.05, 0) is 39.3 Å². The summed E-state index contributed by atoms with van der Waals surface area (Å²) in [6, 6.07) is 0. The van der Waals surface area contributed by atoms with Crippen molar-refractivity contribution in [1.82, 2.24) is 10.6 Å². The molecule has 3 N–H and O–H groups in total. The van der Waals surface area contributed by atoms with Crippen molar-refractivity contribution in [1.29, 1.82) is 0 Å². The number of carboxylic acid groups (broad SMARTS) is 1. The second-order valence-electron chi connectivity index (χ2n) is 4.00. The molecule has 0 radical (unpaired) electrons. The van der Waals surface area contributed by atoms with Crippen LogP contribution in [0, 0.1) is 0 Å². The van der Waals surface area contributed by atoms with Crippen LogP contribution in [-0.4, -0.2) is 36.1 Å². The zero-order valence-electron chi connectivity index (χ0n) is 9.01. The van der Waals surface area contributed by atoms with Crippen LogP contribution in [-0.2, 0) is 9.59 Å². The van der Waals surface area contributed by atoms with Gasteiger partial charge in [-0.1, -0.05) is 0 Å². The zero-order chi connectivity index (χ0) is 11.3. The molecule has 1 amide bonds.